The largest absolute Gasteiger partial charge is 4.00 e. The molecule has 0 aromatic heterocycles. The van der Waals surface area contributed by atoms with Crippen LogP contribution in [0.4, 0.5) is 0 Å². The van der Waals surface area contributed by atoms with Gasteiger partial charge in [-0.2, -0.15) is 39.3 Å². The summed E-state index contributed by atoms with van der Waals surface area (Å²) in [4.78, 5) is 2.43. The summed E-state index contributed by atoms with van der Waals surface area (Å²) in [6.07, 6.45) is 11.4. The summed E-state index contributed by atoms with van der Waals surface area (Å²) in [6.45, 7) is 0. The molecule has 0 amide bonds. The van der Waals surface area contributed by atoms with Crippen LogP contribution in [-0.2, 0) is 26.2 Å². The van der Waals surface area contributed by atoms with Crippen LogP contribution in [0.3, 0.4) is 0 Å². The van der Waals surface area contributed by atoms with Gasteiger partial charge in [-0.3, -0.25) is 12.2 Å². The Morgan fingerprint density at radius 2 is 0.950 bits per heavy atom. The monoisotopic (exact) mass is 746 g/mol. The number of hydrogen-bond acceptors (Lipinski definition) is 1. The van der Waals surface area contributed by atoms with Crippen molar-refractivity contribution < 1.29 is 26.2 Å². The normalized spacial score (nSPS) is 15.7. The fraction of sp³-hybridized carbons (Fsp3) is 0.176. The zero-order valence-corrected chi connectivity index (χ0v) is 29.4. The Bertz CT molecular complexity index is 1350. The third-order valence-electron chi connectivity index (χ3n) is 6.16. The van der Waals surface area contributed by atoms with Gasteiger partial charge in [0.2, 0.25) is 0 Å². The summed E-state index contributed by atoms with van der Waals surface area (Å²) in [7, 11) is 7.00. The van der Waals surface area contributed by atoms with E-state index < -0.39 is 0 Å². The van der Waals surface area contributed by atoms with Gasteiger partial charge in [0, 0.05) is 8.95 Å². The first-order chi connectivity index (χ1) is 19.0. The Kier molecular flexibility index (Phi) is 13.4. The average molecular weight is 750 g/mol. The second kappa shape index (κ2) is 16.2. The standard InChI is InChI=1S/C30H18Br2S.2C2H6N.Zr/c31-27-17-23(15-21-11-13-25(29(21)27)19-7-3-1-4-8-19)33-24-16-22-12-14-26(30(22)28(32)18-24)20-9-5-2-6-10-20;2*1-3-2;/h1-12,15-18,25-26H;2*1-2H3;/q-2;2*-1;+4. The van der Waals surface area contributed by atoms with Gasteiger partial charge in [0.05, 0.1) is 0 Å². The van der Waals surface area contributed by atoms with Gasteiger partial charge in [-0.05, 0) is 21.9 Å². The molecule has 0 saturated heterocycles. The number of fused-ring (bicyclic) bond motifs is 2. The molecule has 0 aliphatic heterocycles. The van der Waals surface area contributed by atoms with Crippen LogP contribution in [0.1, 0.15) is 45.2 Å². The van der Waals surface area contributed by atoms with Crippen LogP contribution in [0.25, 0.3) is 22.8 Å². The molecule has 4 aromatic carbocycles. The summed E-state index contributed by atoms with van der Waals surface area (Å²) in [5.41, 5.74) is 7.60. The number of benzene rings is 4. The molecule has 0 spiro atoms. The first kappa shape index (κ1) is 33.0. The topological polar surface area (TPSA) is 28.2 Å². The molecule has 4 aromatic rings. The molecule has 0 N–H and O–H groups in total. The van der Waals surface area contributed by atoms with Gasteiger partial charge >= 0.3 is 26.2 Å². The molecular formula is C34H30Br2N2SZr. The third-order valence-corrected chi connectivity index (χ3v) is 8.41. The molecule has 2 aliphatic rings. The molecule has 0 heterocycles. The SMILES string of the molecule is Brc1cc(Sc2cc(Br)c3c(c2)C=[C-]C3c2ccccc2)cc2c1C(c1ccccc1)[C-]=C2.C[N-]C.C[N-]C.[Zr+4]. The molecule has 6 heteroatoms. The number of allylic oxidation sites excluding steroid dienone is 2. The van der Waals surface area contributed by atoms with Crippen molar-refractivity contribution in [1.82, 2.24) is 0 Å². The summed E-state index contributed by atoms with van der Waals surface area (Å²) in [6, 6.07) is 30.2. The molecule has 2 unspecified atom stereocenters. The van der Waals surface area contributed by atoms with E-state index in [4.69, 9.17) is 0 Å². The van der Waals surface area contributed by atoms with Gasteiger partial charge in [0.25, 0.3) is 0 Å². The van der Waals surface area contributed by atoms with Crippen LogP contribution < -0.4 is 0 Å². The first-order valence-electron chi connectivity index (χ1n) is 12.6. The van der Waals surface area contributed by atoms with Crippen LogP contribution in [0.5, 0.6) is 0 Å². The number of rotatable bonds is 4. The van der Waals surface area contributed by atoms with Crippen molar-refractivity contribution in [2.45, 2.75) is 21.6 Å². The van der Waals surface area contributed by atoms with Gasteiger partial charge in [0.1, 0.15) is 0 Å². The van der Waals surface area contributed by atoms with E-state index in [1.54, 1.807) is 40.0 Å². The summed E-state index contributed by atoms with van der Waals surface area (Å²) >= 11 is 9.48. The van der Waals surface area contributed by atoms with Crippen molar-refractivity contribution in [2.75, 3.05) is 28.2 Å². The Balaban J connectivity index is 0.000000581. The summed E-state index contributed by atoms with van der Waals surface area (Å²) in [5.74, 6) is 0.360. The smallest absolute Gasteiger partial charge is 0.668 e. The first-order valence-corrected chi connectivity index (χ1v) is 15.0. The summed E-state index contributed by atoms with van der Waals surface area (Å²) < 4.78 is 2.27. The van der Waals surface area contributed by atoms with Gasteiger partial charge in [-0.25, -0.2) is 12.2 Å². The number of nitrogens with zero attached hydrogens (tertiary/aromatic N) is 2. The van der Waals surface area contributed by atoms with Crippen molar-refractivity contribution >= 4 is 55.8 Å². The van der Waals surface area contributed by atoms with Gasteiger partial charge in [-0.15, -0.1) is 23.3 Å². The zero-order chi connectivity index (χ0) is 27.8. The molecule has 2 nitrogen and oxygen atoms in total. The van der Waals surface area contributed by atoms with E-state index in [2.05, 4.69) is 152 Å². The maximum atomic E-state index is 3.85. The molecule has 0 bridgehead atoms. The van der Waals surface area contributed by atoms with Gasteiger partial charge in [-0.1, -0.05) is 127 Å². The molecule has 6 rings (SSSR count). The average Bonchev–Trinajstić information content (AvgIpc) is 3.56. The molecule has 0 radical (unpaired) electrons. The fourth-order valence-electron chi connectivity index (χ4n) is 4.66. The van der Waals surface area contributed by atoms with E-state index in [0.717, 1.165) is 8.95 Å². The molecule has 2 atom stereocenters. The minimum absolute atomic E-state index is 0. The molecule has 40 heavy (non-hydrogen) atoms. The Labute approximate surface area is 279 Å². The predicted molar refractivity (Wildman–Crippen MR) is 175 cm³/mol. The van der Waals surface area contributed by atoms with Crippen LogP contribution in [0.15, 0.2) is 104 Å². The van der Waals surface area contributed by atoms with E-state index in [9.17, 15) is 0 Å². The fourth-order valence-corrected chi connectivity index (χ4v) is 7.37. The van der Waals surface area contributed by atoms with Crippen LogP contribution in [-0.4, -0.2) is 28.2 Å². The summed E-state index contributed by atoms with van der Waals surface area (Å²) in [5, 5.41) is 7.00. The van der Waals surface area contributed by atoms with Gasteiger partial charge < -0.3 is 10.6 Å². The van der Waals surface area contributed by atoms with E-state index in [-0.39, 0.29) is 38.0 Å². The maximum absolute atomic E-state index is 3.85. The minimum Gasteiger partial charge on any atom is -0.668 e. The van der Waals surface area contributed by atoms with Crippen molar-refractivity contribution in [2.24, 2.45) is 0 Å². The predicted octanol–water partition coefficient (Wildman–Crippen LogP) is 10.5. The van der Waals surface area contributed by atoms with E-state index in [1.165, 1.54) is 43.2 Å². The number of hydrogen-bond donors (Lipinski definition) is 0. The van der Waals surface area contributed by atoms with Crippen molar-refractivity contribution in [3.8, 4) is 0 Å². The van der Waals surface area contributed by atoms with Crippen molar-refractivity contribution in [1.29, 1.82) is 0 Å². The van der Waals surface area contributed by atoms with Crippen molar-refractivity contribution in [3.05, 3.63) is 150 Å². The Morgan fingerprint density at radius 3 is 1.30 bits per heavy atom. The quantitative estimate of drug-likeness (QED) is 0.191. The van der Waals surface area contributed by atoms with Gasteiger partial charge in [0.15, 0.2) is 0 Å². The molecule has 2 aliphatic carbocycles. The minimum atomic E-state index is 0. The van der Waals surface area contributed by atoms with E-state index in [1.807, 2.05) is 0 Å². The maximum Gasteiger partial charge on any atom is 4.00 e. The molecular weight excluding hydrogens is 719 g/mol. The number of halogens is 2. The second-order valence-corrected chi connectivity index (χ2v) is 12.0. The molecule has 0 saturated carbocycles. The second-order valence-electron chi connectivity index (χ2n) is 9.12. The van der Waals surface area contributed by atoms with Crippen LogP contribution in [0.2, 0.25) is 0 Å². The van der Waals surface area contributed by atoms with E-state index in [0.29, 0.717) is 0 Å². The van der Waals surface area contributed by atoms with Crippen molar-refractivity contribution in [3.63, 3.8) is 0 Å². The zero-order valence-electron chi connectivity index (χ0n) is 23.0. The Morgan fingerprint density at radius 1 is 0.600 bits per heavy atom. The van der Waals surface area contributed by atoms with E-state index >= 15 is 0 Å². The van der Waals surface area contributed by atoms with Crippen LogP contribution >= 0.6 is 43.6 Å². The molecule has 200 valence electrons. The molecule has 0 fully saturated rings. The van der Waals surface area contributed by atoms with Crippen LogP contribution in [0, 0.1) is 12.2 Å². The third kappa shape index (κ3) is 7.85. The Hall–Kier alpha value is -1.53.